The molecule has 2 atom stereocenters. The van der Waals surface area contributed by atoms with Crippen LogP contribution in [0.2, 0.25) is 0 Å². The summed E-state index contributed by atoms with van der Waals surface area (Å²) >= 11 is 0. The third-order valence-electron chi connectivity index (χ3n) is 5.07. The van der Waals surface area contributed by atoms with E-state index in [-0.39, 0.29) is 29.7 Å². The van der Waals surface area contributed by atoms with E-state index in [1.165, 1.54) is 24.5 Å². The Balaban J connectivity index is 0.000000858. The number of carbonyl (C=O) groups is 1. The highest BCUT2D eigenvalue weighted by atomic mass is 32.2. The third-order valence-corrected chi connectivity index (χ3v) is 7.03. The molecule has 0 spiro atoms. The number of carboxylic acid groups (broad SMARTS) is 1. The minimum Gasteiger partial charge on any atom is -0.483 e. The van der Waals surface area contributed by atoms with Crippen LogP contribution in [0.1, 0.15) is 6.04 Å². The van der Waals surface area contributed by atoms with Gasteiger partial charge in [0.15, 0.2) is 5.82 Å². The summed E-state index contributed by atoms with van der Waals surface area (Å²) in [7, 11) is -0.315. The second kappa shape index (κ2) is 9.50. The number of benzene rings is 1. The summed E-state index contributed by atoms with van der Waals surface area (Å²) < 4.78 is 47.5. The van der Waals surface area contributed by atoms with Crippen LogP contribution in [-0.4, -0.2) is 71.9 Å². The van der Waals surface area contributed by atoms with E-state index in [1.54, 1.807) is 36.7 Å². The van der Waals surface area contributed by atoms with Crippen LogP contribution in [0.4, 0.5) is 4.39 Å². The molecule has 1 aliphatic heterocycles. The van der Waals surface area contributed by atoms with E-state index in [4.69, 9.17) is 14.6 Å². The summed E-state index contributed by atoms with van der Waals surface area (Å²) in [6, 6.07) is 8.23. The summed E-state index contributed by atoms with van der Waals surface area (Å²) in [5.41, 5.74) is 0.813. The van der Waals surface area contributed by atoms with Gasteiger partial charge in [-0.2, -0.15) is 0 Å². The Morgan fingerprint density at radius 2 is 2.03 bits per heavy atom. The van der Waals surface area contributed by atoms with Gasteiger partial charge in [-0.15, -0.1) is 0 Å². The van der Waals surface area contributed by atoms with Crippen molar-refractivity contribution in [3.8, 4) is 11.5 Å². The quantitative estimate of drug-likeness (QED) is 0.592. The van der Waals surface area contributed by atoms with E-state index in [0.717, 1.165) is 0 Å². The Bertz CT molecular complexity index is 1170. The monoisotopic (exact) mass is 450 g/mol. The molecule has 0 radical (unpaired) electrons. The van der Waals surface area contributed by atoms with Crippen molar-refractivity contribution in [2.45, 2.75) is 6.04 Å². The first kappa shape index (κ1) is 22.8. The maximum Gasteiger partial charge on any atom is 0.290 e. The molecule has 1 aliphatic rings. The molecule has 0 aliphatic carbocycles. The van der Waals surface area contributed by atoms with Crippen molar-refractivity contribution in [1.82, 2.24) is 18.8 Å². The summed E-state index contributed by atoms with van der Waals surface area (Å²) in [5.74, 6) is -0.0516. The van der Waals surface area contributed by atoms with Gasteiger partial charge in [-0.3, -0.25) is 4.79 Å². The third kappa shape index (κ3) is 4.89. The molecule has 0 saturated carbocycles. The van der Waals surface area contributed by atoms with Crippen LogP contribution in [-0.2, 0) is 19.6 Å². The molecule has 4 rings (SSSR count). The predicted molar refractivity (Wildman–Crippen MR) is 112 cm³/mol. The van der Waals surface area contributed by atoms with E-state index < -0.39 is 15.8 Å². The zero-order valence-corrected chi connectivity index (χ0v) is 17.9. The van der Waals surface area contributed by atoms with Crippen LogP contribution in [0.3, 0.4) is 0 Å². The fourth-order valence-electron chi connectivity index (χ4n) is 3.49. The molecule has 9 nitrogen and oxygen atoms in total. The highest BCUT2D eigenvalue weighted by molar-refractivity contribution is 7.89. The second-order valence-corrected chi connectivity index (χ2v) is 9.42. The predicted octanol–water partition coefficient (Wildman–Crippen LogP) is 2.02. The lowest BCUT2D eigenvalue weighted by atomic mass is 10.1. The Labute approximate surface area is 179 Å². The maximum absolute atomic E-state index is 14.2. The van der Waals surface area contributed by atoms with Crippen LogP contribution < -0.4 is 0 Å². The smallest absolute Gasteiger partial charge is 0.290 e. The molecule has 1 N–H and O–H groups in total. The van der Waals surface area contributed by atoms with Gasteiger partial charge in [0.05, 0.1) is 25.0 Å². The first-order valence-electron chi connectivity index (χ1n) is 9.42. The number of sulfonamides is 1. The van der Waals surface area contributed by atoms with Crippen LogP contribution in [0.25, 0.3) is 22.4 Å². The number of rotatable bonds is 5. The molecule has 166 valence electrons. The van der Waals surface area contributed by atoms with Crippen LogP contribution in [0.5, 0.6) is 0 Å². The molecule has 0 unspecified atom stereocenters. The van der Waals surface area contributed by atoms with Crippen molar-refractivity contribution in [3.63, 3.8) is 0 Å². The summed E-state index contributed by atoms with van der Waals surface area (Å²) in [6.45, 7) is 0.494. The summed E-state index contributed by atoms with van der Waals surface area (Å²) in [6.07, 6.45) is 3.43. The lowest BCUT2D eigenvalue weighted by Gasteiger charge is -2.22. The lowest BCUT2D eigenvalue weighted by molar-refractivity contribution is -0.122. The first-order valence-corrected chi connectivity index (χ1v) is 11.0. The van der Waals surface area contributed by atoms with Gasteiger partial charge in [-0.25, -0.2) is 27.1 Å². The molecule has 1 aromatic carbocycles. The van der Waals surface area contributed by atoms with Crippen molar-refractivity contribution in [3.05, 3.63) is 48.5 Å². The SMILES string of the molecule is CN(C)S(=O)(=O)C[C@H]1COC[C@H]1n1ccnc1-c1ccc2cccc(F)c2n1.O=CO. The van der Waals surface area contributed by atoms with Crippen molar-refractivity contribution in [2.24, 2.45) is 5.92 Å². The number of fused-ring (bicyclic) bond motifs is 1. The topological polar surface area (TPSA) is 115 Å². The highest BCUT2D eigenvalue weighted by Crippen LogP contribution is 2.32. The van der Waals surface area contributed by atoms with E-state index in [2.05, 4.69) is 9.97 Å². The normalized spacial score (nSPS) is 18.7. The fraction of sp³-hybridized carbons (Fsp3) is 0.350. The van der Waals surface area contributed by atoms with Crippen LogP contribution in [0.15, 0.2) is 42.7 Å². The number of pyridine rings is 1. The number of aromatic nitrogens is 3. The van der Waals surface area contributed by atoms with Crippen molar-refractivity contribution in [2.75, 3.05) is 33.1 Å². The lowest BCUT2D eigenvalue weighted by Crippen LogP contribution is -2.32. The number of imidazole rings is 1. The molecule has 31 heavy (non-hydrogen) atoms. The minimum absolute atomic E-state index is 0.0118. The number of hydrogen-bond acceptors (Lipinski definition) is 6. The molecule has 3 heterocycles. The molecular weight excluding hydrogens is 427 g/mol. The minimum atomic E-state index is -3.36. The number of nitrogens with zero attached hydrogens (tertiary/aromatic N) is 4. The van der Waals surface area contributed by atoms with Gasteiger partial charge >= 0.3 is 0 Å². The Hall–Kier alpha value is -2.89. The zero-order chi connectivity index (χ0) is 22.6. The fourth-order valence-corrected chi connectivity index (χ4v) is 4.65. The molecule has 0 amide bonds. The number of ether oxygens (including phenoxy) is 1. The van der Waals surface area contributed by atoms with Gasteiger partial charge in [-0.05, 0) is 12.1 Å². The number of hydrogen-bond donors (Lipinski definition) is 1. The second-order valence-electron chi connectivity index (χ2n) is 7.20. The van der Waals surface area contributed by atoms with Gasteiger partial charge in [0.2, 0.25) is 10.0 Å². The Kier molecular flexibility index (Phi) is 6.98. The largest absolute Gasteiger partial charge is 0.483 e. The van der Waals surface area contributed by atoms with E-state index >= 15 is 0 Å². The number of halogens is 1. The van der Waals surface area contributed by atoms with Gasteiger partial charge in [0.25, 0.3) is 6.47 Å². The first-order chi connectivity index (χ1) is 14.8. The van der Waals surface area contributed by atoms with Gasteiger partial charge in [-0.1, -0.05) is 18.2 Å². The Morgan fingerprint density at radius 1 is 1.29 bits per heavy atom. The van der Waals surface area contributed by atoms with Crippen molar-refractivity contribution in [1.29, 1.82) is 0 Å². The molecule has 2 aromatic heterocycles. The average molecular weight is 450 g/mol. The molecule has 1 saturated heterocycles. The van der Waals surface area contributed by atoms with Gasteiger partial charge in [0, 0.05) is 37.8 Å². The van der Waals surface area contributed by atoms with Crippen LogP contribution >= 0.6 is 0 Å². The summed E-state index contributed by atoms with van der Waals surface area (Å²) in [5, 5.41) is 7.60. The molecule has 11 heteroatoms. The number of para-hydroxylation sites is 1. The van der Waals surface area contributed by atoms with E-state index in [1.807, 2.05) is 4.57 Å². The van der Waals surface area contributed by atoms with Gasteiger partial charge in [0.1, 0.15) is 17.0 Å². The van der Waals surface area contributed by atoms with Crippen molar-refractivity contribution < 1.29 is 27.4 Å². The van der Waals surface area contributed by atoms with E-state index in [0.29, 0.717) is 30.1 Å². The van der Waals surface area contributed by atoms with Crippen molar-refractivity contribution >= 4 is 27.4 Å². The van der Waals surface area contributed by atoms with E-state index in [9.17, 15) is 12.8 Å². The molecular formula is C20H23FN4O5S. The Morgan fingerprint density at radius 3 is 2.74 bits per heavy atom. The maximum atomic E-state index is 14.2. The summed E-state index contributed by atoms with van der Waals surface area (Å²) in [4.78, 5) is 17.2. The average Bonchev–Trinajstić information content (AvgIpc) is 3.37. The standard InChI is InChI=1S/C19H21FN4O3S.CH2O2/c1-23(2)28(25,26)12-14-10-27-11-17(14)24-9-8-21-19(24)16-7-6-13-4-3-5-15(20)18(13)22-16;2-1-3/h3-9,14,17H,10-12H2,1-2H3;1H,(H,2,3)/t14-,17-;/m1./s1. The highest BCUT2D eigenvalue weighted by Gasteiger charge is 2.35. The molecule has 0 bridgehead atoms. The van der Waals surface area contributed by atoms with Crippen LogP contribution in [0, 0.1) is 11.7 Å². The molecule has 3 aromatic rings. The van der Waals surface area contributed by atoms with Gasteiger partial charge < -0.3 is 14.4 Å². The zero-order valence-electron chi connectivity index (χ0n) is 17.1. The molecule has 1 fully saturated rings.